The molecule has 0 radical (unpaired) electrons. The summed E-state index contributed by atoms with van der Waals surface area (Å²) in [5.41, 5.74) is 0. The number of aliphatic hydroxyl groups is 1. The molecular weight excluding hydrogens is 290 g/mol. The SMILES string of the molecule is COc1ccc(S(=O)(=O)NCC(O)C(C)C)cc1Cl. The number of nitrogens with one attached hydrogen (secondary N) is 1. The number of methoxy groups -OCH3 is 1. The van der Waals surface area contributed by atoms with Crippen molar-refractivity contribution >= 4 is 21.6 Å². The van der Waals surface area contributed by atoms with Gasteiger partial charge in [-0.05, 0) is 24.1 Å². The molecule has 1 unspecified atom stereocenters. The normalized spacial score (nSPS) is 13.6. The number of rotatable bonds is 6. The van der Waals surface area contributed by atoms with Crippen LogP contribution in [-0.4, -0.2) is 33.3 Å². The molecule has 5 nitrogen and oxygen atoms in total. The predicted molar refractivity (Wildman–Crippen MR) is 74.0 cm³/mol. The van der Waals surface area contributed by atoms with E-state index in [0.29, 0.717) is 5.75 Å². The van der Waals surface area contributed by atoms with Crippen molar-refractivity contribution < 1.29 is 18.3 Å². The summed E-state index contributed by atoms with van der Waals surface area (Å²) in [6.45, 7) is 3.58. The molecule has 0 fully saturated rings. The van der Waals surface area contributed by atoms with E-state index in [1.807, 2.05) is 13.8 Å². The number of sulfonamides is 1. The average Bonchev–Trinajstić information content (AvgIpc) is 2.35. The molecule has 1 aromatic rings. The first-order chi connectivity index (χ1) is 8.77. The Labute approximate surface area is 118 Å². The Balaban J connectivity index is 2.86. The molecule has 0 amide bonds. The van der Waals surface area contributed by atoms with Gasteiger partial charge in [-0.3, -0.25) is 0 Å². The first-order valence-electron chi connectivity index (χ1n) is 5.79. The van der Waals surface area contributed by atoms with Gasteiger partial charge in [-0.25, -0.2) is 13.1 Å². The van der Waals surface area contributed by atoms with E-state index in [4.69, 9.17) is 16.3 Å². The van der Waals surface area contributed by atoms with Crippen LogP contribution in [0, 0.1) is 5.92 Å². The van der Waals surface area contributed by atoms with Gasteiger partial charge in [-0.15, -0.1) is 0 Å². The molecule has 0 aliphatic heterocycles. The molecule has 0 aromatic heterocycles. The highest BCUT2D eigenvalue weighted by atomic mass is 35.5. The molecule has 0 heterocycles. The van der Waals surface area contributed by atoms with Crippen molar-refractivity contribution in [3.8, 4) is 5.75 Å². The molecular formula is C12H18ClNO4S. The van der Waals surface area contributed by atoms with Crippen LogP contribution in [-0.2, 0) is 10.0 Å². The molecule has 0 saturated carbocycles. The second-order valence-electron chi connectivity index (χ2n) is 4.46. The van der Waals surface area contributed by atoms with Gasteiger partial charge in [0.2, 0.25) is 10.0 Å². The van der Waals surface area contributed by atoms with E-state index >= 15 is 0 Å². The zero-order valence-electron chi connectivity index (χ0n) is 11.1. The molecule has 0 saturated heterocycles. The van der Waals surface area contributed by atoms with Crippen LogP contribution < -0.4 is 9.46 Å². The molecule has 2 N–H and O–H groups in total. The van der Waals surface area contributed by atoms with Crippen LogP contribution in [0.15, 0.2) is 23.1 Å². The summed E-state index contributed by atoms with van der Waals surface area (Å²) in [5, 5.41) is 9.82. The van der Waals surface area contributed by atoms with Crippen molar-refractivity contribution in [3.05, 3.63) is 23.2 Å². The Kier molecular flexibility index (Phi) is 5.61. The number of hydrogen-bond donors (Lipinski definition) is 2. The number of benzene rings is 1. The maximum Gasteiger partial charge on any atom is 0.240 e. The minimum Gasteiger partial charge on any atom is -0.495 e. The lowest BCUT2D eigenvalue weighted by molar-refractivity contribution is 0.129. The van der Waals surface area contributed by atoms with Gasteiger partial charge in [-0.2, -0.15) is 0 Å². The highest BCUT2D eigenvalue weighted by molar-refractivity contribution is 7.89. The highest BCUT2D eigenvalue weighted by Crippen LogP contribution is 2.26. The number of ether oxygens (including phenoxy) is 1. The van der Waals surface area contributed by atoms with Crippen LogP contribution in [0.5, 0.6) is 5.75 Å². The molecule has 0 spiro atoms. The molecule has 19 heavy (non-hydrogen) atoms. The first kappa shape index (κ1) is 16.2. The van der Waals surface area contributed by atoms with Crippen LogP contribution in [0.1, 0.15) is 13.8 Å². The topological polar surface area (TPSA) is 75.6 Å². The van der Waals surface area contributed by atoms with E-state index in [-0.39, 0.29) is 22.4 Å². The Morgan fingerprint density at radius 2 is 2.05 bits per heavy atom. The van der Waals surface area contributed by atoms with E-state index < -0.39 is 16.1 Å². The number of hydrogen-bond acceptors (Lipinski definition) is 4. The van der Waals surface area contributed by atoms with Crippen molar-refractivity contribution in [1.29, 1.82) is 0 Å². The van der Waals surface area contributed by atoms with Crippen LogP contribution >= 0.6 is 11.6 Å². The maximum absolute atomic E-state index is 12.0. The van der Waals surface area contributed by atoms with E-state index in [2.05, 4.69) is 4.72 Å². The lowest BCUT2D eigenvalue weighted by Crippen LogP contribution is -2.34. The van der Waals surface area contributed by atoms with Gasteiger partial charge in [0, 0.05) is 6.54 Å². The Morgan fingerprint density at radius 1 is 1.42 bits per heavy atom. The number of aliphatic hydroxyl groups excluding tert-OH is 1. The molecule has 0 aliphatic carbocycles. The standard InChI is InChI=1S/C12H18ClNO4S/c1-8(2)11(15)7-14-19(16,17)9-4-5-12(18-3)10(13)6-9/h4-6,8,11,14-15H,7H2,1-3H3. The van der Waals surface area contributed by atoms with Crippen molar-refractivity contribution in [2.24, 2.45) is 5.92 Å². The molecule has 108 valence electrons. The predicted octanol–water partition coefficient (Wildman–Crippen LogP) is 1.64. The molecule has 1 rings (SSSR count). The highest BCUT2D eigenvalue weighted by Gasteiger charge is 2.18. The third-order valence-electron chi connectivity index (χ3n) is 2.69. The first-order valence-corrected chi connectivity index (χ1v) is 7.65. The van der Waals surface area contributed by atoms with Crippen molar-refractivity contribution in [1.82, 2.24) is 4.72 Å². The Morgan fingerprint density at radius 3 is 2.53 bits per heavy atom. The summed E-state index contributed by atoms with van der Waals surface area (Å²) in [5.74, 6) is 0.380. The molecule has 7 heteroatoms. The van der Waals surface area contributed by atoms with E-state index in [0.717, 1.165) is 0 Å². The smallest absolute Gasteiger partial charge is 0.240 e. The zero-order chi connectivity index (χ0) is 14.6. The zero-order valence-corrected chi connectivity index (χ0v) is 12.6. The monoisotopic (exact) mass is 307 g/mol. The second kappa shape index (κ2) is 6.56. The van der Waals surface area contributed by atoms with Gasteiger partial charge in [-0.1, -0.05) is 25.4 Å². The maximum atomic E-state index is 12.0. The van der Waals surface area contributed by atoms with Gasteiger partial charge < -0.3 is 9.84 Å². The van der Waals surface area contributed by atoms with E-state index in [1.54, 1.807) is 0 Å². The van der Waals surface area contributed by atoms with Crippen LogP contribution in [0.25, 0.3) is 0 Å². The van der Waals surface area contributed by atoms with Gasteiger partial charge >= 0.3 is 0 Å². The third-order valence-corrected chi connectivity index (χ3v) is 4.40. The Bertz CT molecular complexity index is 531. The van der Waals surface area contributed by atoms with E-state index in [1.165, 1.54) is 25.3 Å². The minimum atomic E-state index is -3.69. The van der Waals surface area contributed by atoms with Gasteiger partial charge in [0.25, 0.3) is 0 Å². The molecule has 0 aliphatic rings. The summed E-state index contributed by atoms with van der Waals surface area (Å²) in [6, 6.07) is 4.19. The van der Waals surface area contributed by atoms with E-state index in [9.17, 15) is 13.5 Å². The Hall–Kier alpha value is -0.820. The van der Waals surface area contributed by atoms with Crippen molar-refractivity contribution in [2.75, 3.05) is 13.7 Å². The minimum absolute atomic E-state index is 0.0258. The summed E-state index contributed by atoms with van der Waals surface area (Å²) in [4.78, 5) is 0.0363. The average molecular weight is 308 g/mol. The van der Waals surface area contributed by atoms with Gasteiger partial charge in [0.05, 0.1) is 23.1 Å². The van der Waals surface area contributed by atoms with Crippen LogP contribution in [0.4, 0.5) is 0 Å². The third kappa shape index (κ3) is 4.35. The lowest BCUT2D eigenvalue weighted by Gasteiger charge is -2.15. The molecule has 0 bridgehead atoms. The fourth-order valence-electron chi connectivity index (χ4n) is 1.33. The quantitative estimate of drug-likeness (QED) is 0.838. The summed E-state index contributed by atoms with van der Waals surface area (Å²) < 4.78 is 31.3. The fourth-order valence-corrected chi connectivity index (χ4v) is 2.73. The van der Waals surface area contributed by atoms with Gasteiger partial charge in [0.1, 0.15) is 5.75 Å². The summed E-state index contributed by atoms with van der Waals surface area (Å²) >= 11 is 5.88. The van der Waals surface area contributed by atoms with Gasteiger partial charge in [0.15, 0.2) is 0 Å². The van der Waals surface area contributed by atoms with Crippen LogP contribution in [0.3, 0.4) is 0 Å². The van der Waals surface area contributed by atoms with Crippen LogP contribution in [0.2, 0.25) is 5.02 Å². The largest absolute Gasteiger partial charge is 0.495 e. The lowest BCUT2D eigenvalue weighted by atomic mass is 10.1. The second-order valence-corrected chi connectivity index (χ2v) is 6.63. The number of halogens is 1. The summed E-state index contributed by atoms with van der Waals surface area (Å²) in [7, 11) is -2.24. The molecule has 1 atom stereocenters. The summed E-state index contributed by atoms with van der Waals surface area (Å²) in [6.07, 6.45) is -0.733. The molecule has 1 aromatic carbocycles. The fraction of sp³-hybridized carbons (Fsp3) is 0.500. The van der Waals surface area contributed by atoms with Crippen molar-refractivity contribution in [3.63, 3.8) is 0 Å². The van der Waals surface area contributed by atoms with Crippen molar-refractivity contribution in [2.45, 2.75) is 24.8 Å².